The normalized spacial score (nSPS) is 21.5. The molecule has 0 amide bonds. The summed E-state index contributed by atoms with van der Waals surface area (Å²) in [6.45, 7) is 5.31. The molecular weight excluding hydrogens is 333 g/mol. The minimum atomic E-state index is -4.50. The number of H-pyrrole nitrogens is 1. The van der Waals surface area contributed by atoms with Gasteiger partial charge in [-0.15, -0.1) is 0 Å². The van der Waals surface area contributed by atoms with Crippen molar-refractivity contribution in [1.82, 2.24) is 4.98 Å². The molecule has 3 rings (SSSR count). The predicted octanol–water partition coefficient (Wildman–Crippen LogP) is 4.98. The van der Waals surface area contributed by atoms with Crippen molar-refractivity contribution in [2.75, 3.05) is 0 Å². The number of nitrogens with zero attached hydrogens (tertiary/aromatic N) is 1. The van der Waals surface area contributed by atoms with E-state index in [9.17, 15) is 13.2 Å². The zero-order valence-corrected chi connectivity index (χ0v) is 14.8. The van der Waals surface area contributed by atoms with E-state index in [2.05, 4.69) is 4.98 Å². The highest BCUT2D eigenvalue weighted by atomic mass is 28.4. The molecule has 1 aliphatic rings. The van der Waals surface area contributed by atoms with E-state index in [1.165, 1.54) is 0 Å². The first-order valence-corrected chi connectivity index (χ1v) is 11.3. The zero-order chi connectivity index (χ0) is 17.8. The number of aromatic nitrogens is 1. The summed E-state index contributed by atoms with van der Waals surface area (Å²) in [4.78, 5) is 2.96. The van der Waals surface area contributed by atoms with Crippen LogP contribution >= 0.6 is 0 Å². The molecule has 0 saturated heterocycles. The van der Waals surface area contributed by atoms with Crippen molar-refractivity contribution in [2.24, 2.45) is 0 Å². The first kappa shape index (κ1) is 17.1. The number of hydrogen-bond acceptors (Lipinski definition) is 2. The molecule has 1 N–H and O–H groups in total. The Hall–Kier alpha value is -1.78. The molecule has 0 radical (unpaired) electrons. The summed E-state index contributed by atoms with van der Waals surface area (Å²) in [6.07, 6.45) is -3.62. The van der Waals surface area contributed by atoms with Gasteiger partial charge in [0, 0.05) is 10.9 Å². The second-order valence-electron chi connectivity index (χ2n) is 7.24. The average Bonchev–Trinajstić information content (AvgIpc) is 2.83. The predicted molar refractivity (Wildman–Crippen MR) is 88.1 cm³/mol. The molecule has 0 aliphatic heterocycles. The van der Waals surface area contributed by atoms with Crippen LogP contribution < -0.4 is 0 Å². The molecule has 3 nitrogen and oxygen atoms in total. The highest BCUT2D eigenvalue weighted by Crippen LogP contribution is 2.52. The van der Waals surface area contributed by atoms with Crippen LogP contribution in [-0.4, -0.2) is 19.5 Å². The number of fused-ring (bicyclic) bond motifs is 3. The summed E-state index contributed by atoms with van der Waals surface area (Å²) in [5.41, 5.74) is -0.471. The quantitative estimate of drug-likeness (QED) is 0.775. The second-order valence-corrected chi connectivity index (χ2v) is 11.7. The minimum Gasteiger partial charge on any atom is -0.399 e. The number of hydrogen-bond donors (Lipinski definition) is 1. The van der Waals surface area contributed by atoms with Crippen LogP contribution in [-0.2, 0) is 16.4 Å². The largest absolute Gasteiger partial charge is 0.422 e. The molecule has 7 heteroatoms. The SMILES string of the molecule is C[Si](C)(C)OC1(C(F)(F)F)CCCc2c1[nH]c1ccc(C#N)cc21. The number of alkyl halides is 3. The van der Waals surface area contributed by atoms with Gasteiger partial charge in [-0.25, -0.2) is 0 Å². The maximum atomic E-state index is 14.1. The first-order chi connectivity index (χ1) is 11.1. The third-order valence-corrected chi connectivity index (χ3v) is 5.29. The summed E-state index contributed by atoms with van der Waals surface area (Å²) in [5, 5.41) is 9.76. The molecule has 1 atom stereocenters. The molecule has 0 spiro atoms. The van der Waals surface area contributed by atoms with Crippen LogP contribution in [0.3, 0.4) is 0 Å². The van der Waals surface area contributed by atoms with E-state index < -0.39 is 20.1 Å². The average molecular weight is 352 g/mol. The van der Waals surface area contributed by atoms with Crippen molar-refractivity contribution in [3.05, 3.63) is 35.0 Å². The fourth-order valence-corrected chi connectivity index (χ4v) is 4.89. The van der Waals surface area contributed by atoms with Gasteiger partial charge in [-0.05, 0) is 62.7 Å². The lowest BCUT2D eigenvalue weighted by Crippen LogP contribution is -2.52. The van der Waals surface area contributed by atoms with Gasteiger partial charge in [-0.2, -0.15) is 18.4 Å². The van der Waals surface area contributed by atoms with Gasteiger partial charge in [0.05, 0.1) is 17.3 Å². The summed E-state index contributed by atoms with van der Waals surface area (Å²) >= 11 is 0. The van der Waals surface area contributed by atoms with Crippen molar-refractivity contribution in [2.45, 2.75) is 50.7 Å². The lowest BCUT2D eigenvalue weighted by atomic mass is 9.82. The molecule has 0 fully saturated rings. The van der Waals surface area contributed by atoms with Crippen molar-refractivity contribution >= 4 is 19.2 Å². The van der Waals surface area contributed by atoms with Crippen molar-refractivity contribution < 1.29 is 17.6 Å². The smallest absolute Gasteiger partial charge is 0.399 e. The maximum Gasteiger partial charge on any atom is 0.422 e. The molecule has 2 aromatic rings. The van der Waals surface area contributed by atoms with Gasteiger partial charge in [0.1, 0.15) is 0 Å². The van der Waals surface area contributed by atoms with Crippen molar-refractivity contribution in [3.8, 4) is 6.07 Å². The molecule has 0 bridgehead atoms. The number of nitriles is 1. The highest BCUT2D eigenvalue weighted by Gasteiger charge is 2.61. The van der Waals surface area contributed by atoms with Crippen LogP contribution in [0.4, 0.5) is 13.2 Å². The van der Waals surface area contributed by atoms with Gasteiger partial charge < -0.3 is 9.41 Å². The summed E-state index contributed by atoms with van der Waals surface area (Å²) in [5.74, 6) is 0. The van der Waals surface area contributed by atoms with E-state index in [1.54, 1.807) is 37.8 Å². The molecular formula is C17H19F3N2OSi. The summed E-state index contributed by atoms with van der Waals surface area (Å²) in [7, 11) is -2.45. The van der Waals surface area contributed by atoms with E-state index >= 15 is 0 Å². The van der Waals surface area contributed by atoms with Crippen LogP contribution in [0.15, 0.2) is 18.2 Å². The summed E-state index contributed by atoms with van der Waals surface area (Å²) < 4.78 is 48.1. The first-order valence-electron chi connectivity index (χ1n) is 7.89. The molecule has 1 unspecified atom stereocenters. The third kappa shape index (κ3) is 2.64. The number of aryl methyl sites for hydroxylation is 1. The molecule has 128 valence electrons. The van der Waals surface area contributed by atoms with Gasteiger partial charge in [0.2, 0.25) is 0 Å². The fraction of sp³-hybridized carbons (Fsp3) is 0.471. The maximum absolute atomic E-state index is 14.1. The van der Waals surface area contributed by atoms with Crippen LogP contribution in [0, 0.1) is 11.3 Å². The van der Waals surface area contributed by atoms with Gasteiger partial charge >= 0.3 is 6.18 Å². The highest BCUT2D eigenvalue weighted by molar-refractivity contribution is 6.69. The van der Waals surface area contributed by atoms with Gasteiger partial charge in [-0.1, -0.05) is 0 Å². The molecule has 24 heavy (non-hydrogen) atoms. The molecule has 0 saturated carbocycles. The van der Waals surface area contributed by atoms with Crippen LogP contribution in [0.5, 0.6) is 0 Å². The lowest BCUT2D eigenvalue weighted by Gasteiger charge is -2.42. The van der Waals surface area contributed by atoms with Crippen LogP contribution in [0.2, 0.25) is 19.6 Å². The Bertz CT molecular complexity index is 829. The van der Waals surface area contributed by atoms with Gasteiger partial charge in [0.15, 0.2) is 13.9 Å². The van der Waals surface area contributed by atoms with E-state index in [0.29, 0.717) is 34.9 Å². The molecule has 1 aromatic carbocycles. The third-order valence-electron chi connectivity index (χ3n) is 4.33. The summed E-state index contributed by atoms with van der Waals surface area (Å²) in [6, 6.07) is 6.98. The van der Waals surface area contributed by atoms with E-state index in [-0.39, 0.29) is 12.1 Å². The van der Waals surface area contributed by atoms with Crippen molar-refractivity contribution in [1.29, 1.82) is 5.26 Å². The Morgan fingerprint density at radius 2 is 2.00 bits per heavy atom. The van der Waals surface area contributed by atoms with Crippen LogP contribution in [0.1, 0.15) is 29.7 Å². The molecule has 1 heterocycles. The Balaban J connectivity index is 2.28. The fourth-order valence-electron chi connectivity index (χ4n) is 3.53. The number of aromatic amines is 1. The van der Waals surface area contributed by atoms with Crippen LogP contribution in [0.25, 0.3) is 10.9 Å². The van der Waals surface area contributed by atoms with Crippen molar-refractivity contribution in [3.63, 3.8) is 0 Å². The molecule has 1 aliphatic carbocycles. The Kier molecular flexibility index (Phi) is 3.81. The number of benzene rings is 1. The van der Waals surface area contributed by atoms with E-state index in [4.69, 9.17) is 9.69 Å². The monoisotopic (exact) mass is 352 g/mol. The van der Waals surface area contributed by atoms with E-state index in [1.807, 2.05) is 6.07 Å². The molecule has 1 aromatic heterocycles. The second kappa shape index (κ2) is 5.36. The van der Waals surface area contributed by atoms with E-state index in [0.717, 1.165) is 0 Å². The zero-order valence-electron chi connectivity index (χ0n) is 13.8. The topological polar surface area (TPSA) is 48.8 Å². The Morgan fingerprint density at radius 1 is 1.29 bits per heavy atom. The minimum absolute atomic E-state index is 0.0777. The lowest BCUT2D eigenvalue weighted by molar-refractivity contribution is -0.264. The number of rotatable bonds is 2. The number of nitrogens with one attached hydrogen (secondary N) is 1. The Morgan fingerprint density at radius 3 is 2.58 bits per heavy atom. The van der Waals surface area contributed by atoms with Gasteiger partial charge in [0.25, 0.3) is 0 Å². The van der Waals surface area contributed by atoms with Gasteiger partial charge in [-0.3, -0.25) is 0 Å². The Labute approximate surface area is 139 Å². The standard InChI is InChI=1S/C17H19F3N2OSi/c1-24(2,3)23-16(17(18,19)20)8-4-5-12-13-9-11(10-21)6-7-14(13)22-15(12)16/h6-7,9,22H,4-5,8H2,1-3H3. The number of halogens is 3.